The fraction of sp³-hybridized carbons (Fsp3) is 0.769. The molecule has 0 unspecified atom stereocenters. The Balaban J connectivity index is 1.98. The summed E-state index contributed by atoms with van der Waals surface area (Å²) in [7, 11) is 1.60. The van der Waals surface area contributed by atoms with Gasteiger partial charge in [-0.3, -0.25) is 0 Å². The van der Waals surface area contributed by atoms with Crippen LogP contribution >= 0.6 is 0 Å². The van der Waals surface area contributed by atoms with Gasteiger partial charge < -0.3 is 9.15 Å². The van der Waals surface area contributed by atoms with Crippen LogP contribution in [-0.4, -0.2) is 12.1 Å². The second-order valence-electron chi connectivity index (χ2n) is 4.15. The molecule has 16 heavy (non-hydrogen) atoms. The molecule has 0 aromatic carbocycles. The number of oxazole rings is 1. The molecule has 0 fully saturated rings. The average molecular weight is 225 g/mol. The molecule has 1 heterocycles. The van der Waals surface area contributed by atoms with E-state index < -0.39 is 0 Å². The molecule has 0 spiro atoms. The summed E-state index contributed by atoms with van der Waals surface area (Å²) in [5.74, 6) is 1.31. The van der Waals surface area contributed by atoms with Crippen LogP contribution in [0.25, 0.3) is 0 Å². The minimum atomic E-state index is 0.512. The molecule has 1 rings (SSSR count). The summed E-state index contributed by atoms with van der Waals surface area (Å²) in [6.07, 6.45) is 11.8. The van der Waals surface area contributed by atoms with Gasteiger partial charge in [-0.2, -0.15) is 0 Å². The van der Waals surface area contributed by atoms with Gasteiger partial charge >= 0.3 is 5.95 Å². The lowest BCUT2D eigenvalue weighted by atomic mass is 10.1. The first-order valence-electron chi connectivity index (χ1n) is 6.35. The highest BCUT2D eigenvalue weighted by molar-refractivity contribution is 4.99. The summed E-state index contributed by atoms with van der Waals surface area (Å²) in [6.45, 7) is 2.25. The molecule has 0 radical (unpaired) electrons. The number of hydrogen-bond donors (Lipinski definition) is 0. The van der Waals surface area contributed by atoms with Gasteiger partial charge in [-0.25, -0.2) is 4.98 Å². The average Bonchev–Trinajstić information content (AvgIpc) is 2.76. The van der Waals surface area contributed by atoms with E-state index >= 15 is 0 Å². The Kier molecular flexibility index (Phi) is 6.70. The molecular weight excluding hydrogens is 202 g/mol. The van der Waals surface area contributed by atoms with Crippen molar-refractivity contribution in [2.75, 3.05) is 7.11 Å². The van der Waals surface area contributed by atoms with Crippen molar-refractivity contribution in [3.63, 3.8) is 0 Å². The van der Waals surface area contributed by atoms with Gasteiger partial charge in [0.2, 0.25) is 0 Å². The monoisotopic (exact) mass is 225 g/mol. The van der Waals surface area contributed by atoms with E-state index in [-0.39, 0.29) is 0 Å². The lowest BCUT2D eigenvalue weighted by Crippen LogP contribution is -1.86. The van der Waals surface area contributed by atoms with Crippen LogP contribution in [0.4, 0.5) is 0 Å². The van der Waals surface area contributed by atoms with Crippen molar-refractivity contribution in [3.8, 4) is 5.95 Å². The van der Waals surface area contributed by atoms with Crippen molar-refractivity contribution >= 4 is 0 Å². The maximum absolute atomic E-state index is 5.34. The Morgan fingerprint density at radius 2 is 1.81 bits per heavy atom. The molecule has 0 aliphatic rings. The van der Waals surface area contributed by atoms with Crippen LogP contribution in [0.3, 0.4) is 0 Å². The van der Waals surface area contributed by atoms with Gasteiger partial charge in [-0.05, 0) is 6.42 Å². The first-order chi connectivity index (χ1) is 7.86. The molecule has 3 heteroatoms. The number of methoxy groups -OCH3 is 1. The van der Waals surface area contributed by atoms with Crippen LogP contribution in [0, 0.1) is 0 Å². The van der Waals surface area contributed by atoms with Gasteiger partial charge in [0.15, 0.2) is 5.89 Å². The maximum atomic E-state index is 5.34. The van der Waals surface area contributed by atoms with Crippen LogP contribution in [0.5, 0.6) is 5.95 Å². The fourth-order valence-corrected chi connectivity index (χ4v) is 1.74. The second-order valence-corrected chi connectivity index (χ2v) is 4.15. The first kappa shape index (κ1) is 13.1. The minimum Gasteiger partial charge on any atom is -0.467 e. The Hall–Kier alpha value is -0.990. The largest absolute Gasteiger partial charge is 0.467 e. The van der Waals surface area contributed by atoms with Crippen molar-refractivity contribution in [2.45, 2.75) is 58.3 Å². The standard InChI is InChI=1S/C13H23NO2/c1-3-4-5-6-7-8-9-10-12-14-11-13(15-2)16-12/h11H,3-10H2,1-2H3. The summed E-state index contributed by atoms with van der Waals surface area (Å²) < 4.78 is 10.3. The third kappa shape index (κ3) is 5.19. The lowest BCUT2D eigenvalue weighted by molar-refractivity contribution is 0.292. The third-order valence-electron chi connectivity index (χ3n) is 2.73. The fourth-order valence-electron chi connectivity index (χ4n) is 1.74. The van der Waals surface area contributed by atoms with E-state index in [1.807, 2.05) is 0 Å². The Morgan fingerprint density at radius 3 is 2.44 bits per heavy atom. The van der Waals surface area contributed by atoms with E-state index in [0.29, 0.717) is 5.95 Å². The number of aromatic nitrogens is 1. The molecule has 0 atom stereocenters. The van der Waals surface area contributed by atoms with E-state index in [1.165, 1.54) is 38.5 Å². The van der Waals surface area contributed by atoms with Gasteiger partial charge in [0, 0.05) is 6.42 Å². The van der Waals surface area contributed by atoms with E-state index in [4.69, 9.17) is 9.15 Å². The zero-order valence-corrected chi connectivity index (χ0v) is 10.5. The zero-order chi connectivity index (χ0) is 11.6. The topological polar surface area (TPSA) is 35.3 Å². The van der Waals surface area contributed by atoms with Crippen LogP contribution in [0.15, 0.2) is 10.6 Å². The number of nitrogens with zero attached hydrogens (tertiary/aromatic N) is 1. The van der Waals surface area contributed by atoms with Crippen molar-refractivity contribution in [2.24, 2.45) is 0 Å². The van der Waals surface area contributed by atoms with Gasteiger partial charge in [0.25, 0.3) is 0 Å². The smallest absolute Gasteiger partial charge is 0.304 e. The maximum Gasteiger partial charge on any atom is 0.304 e. The number of unbranched alkanes of at least 4 members (excludes halogenated alkanes) is 6. The summed E-state index contributed by atoms with van der Waals surface area (Å²) >= 11 is 0. The van der Waals surface area contributed by atoms with Gasteiger partial charge in [-0.1, -0.05) is 45.4 Å². The molecule has 0 aliphatic carbocycles. The highest BCUT2D eigenvalue weighted by Gasteiger charge is 2.02. The van der Waals surface area contributed by atoms with Crippen LogP contribution in [-0.2, 0) is 6.42 Å². The van der Waals surface area contributed by atoms with E-state index in [9.17, 15) is 0 Å². The van der Waals surface area contributed by atoms with Crippen LogP contribution in [0.1, 0.15) is 57.8 Å². The van der Waals surface area contributed by atoms with Crippen LogP contribution in [0.2, 0.25) is 0 Å². The van der Waals surface area contributed by atoms with Crippen LogP contribution < -0.4 is 4.74 Å². The van der Waals surface area contributed by atoms with Gasteiger partial charge in [-0.15, -0.1) is 0 Å². The van der Waals surface area contributed by atoms with Gasteiger partial charge in [0.1, 0.15) is 6.20 Å². The molecule has 0 amide bonds. The predicted molar refractivity (Wildman–Crippen MR) is 64.8 cm³/mol. The molecule has 1 aromatic rings. The summed E-state index contributed by atoms with van der Waals surface area (Å²) in [5, 5.41) is 0. The van der Waals surface area contributed by atoms with Crippen molar-refractivity contribution in [1.82, 2.24) is 4.98 Å². The second kappa shape index (κ2) is 8.20. The van der Waals surface area contributed by atoms with E-state index in [0.717, 1.165) is 18.7 Å². The highest BCUT2D eigenvalue weighted by atomic mass is 16.6. The first-order valence-corrected chi connectivity index (χ1v) is 6.35. The molecule has 92 valence electrons. The summed E-state index contributed by atoms with van der Waals surface area (Å²) in [5.41, 5.74) is 0. The Bertz CT molecular complexity index is 271. The van der Waals surface area contributed by atoms with E-state index in [1.54, 1.807) is 13.3 Å². The molecule has 1 aromatic heterocycles. The number of hydrogen-bond acceptors (Lipinski definition) is 3. The van der Waals surface area contributed by atoms with Crippen molar-refractivity contribution in [3.05, 3.63) is 12.1 Å². The number of rotatable bonds is 9. The Labute approximate surface area is 98.2 Å². The number of aryl methyl sites for hydroxylation is 1. The quantitative estimate of drug-likeness (QED) is 0.596. The molecule has 0 N–H and O–H groups in total. The molecule has 3 nitrogen and oxygen atoms in total. The minimum absolute atomic E-state index is 0.512. The zero-order valence-electron chi connectivity index (χ0n) is 10.5. The van der Waals surface area contributed by atoms with E-state index in [2.05, 4.69) is 11.9 Å². The van der Waals surface area contributed by atoms with Gasteiger partial charge in [0.05, 0.1) is 7.11 Å². The Morgan fingerprint density at radius 1 is 1.12 bits per heavy atom. The molecule has 0 bridgehead atoms. The lowest BCUT2D eigenvalue weighted by Gasteiger charge is -1.99. The third-order valence-corrected chi connectivity index (χ3v) is 2.73. The van der Waals surface area contributed by atoms with Crippen molar-refractivity contribution in [1.29, 1.82) is 0 Å². The summed E-state index contributed by atoms with van der Waals surface area (Å²) in [4.78, 5) is 4.14. The molecule has 0 saturated carbocycles. The predicted octanol–water partition coefficient (Wildman–Crippen LogP) is 3.98. The molecular formula is C13H23NO2. The summed E-state index contributed by atoms with van der Waals surface area (Å²) in [6, 6.07) is 0. The highest BCUT2D eigenvalue weighted by Crippen LogP contribution is 2.14. The number of ether oxygens (including phenoxy) is 1. The SMILES string of the molecule is CCCCCCCCCc1ncc(OC)o1. The van der Waals surface area contributed by atoms with Crippen molar-refractivity contribution < 1.29 is 9.15 Å². The molecule has 0 aliphatic heterocycles. The molecule has 0 saturated heterocycles. The normalized spacial score (nSPS) is 10.6.